The summed E-state index contributed by atoms with van der Waals surface area (Å²) >= 11 is 0. The van der Waals surface area contributed by atoms with Crippen LogP contribution in [0.25, 0.3) is 0 Å². The Morgan fingerprint density at radius 1 is 1.29 bits per heavy atom. The zero-order valence-electron chi connectivity index (χ0n) is 11.7. The second-order valence-electron chi connectivity index (χ2n) is 4.57. The maximum absolute atomic E-state index is 11.7. The van der Waals surface area contributed by atoms with E-state index < -0.39 is 0 Å². The lowest BCUT2D eigenvalue weighted by molar-refractivity contribution is -0.123. The van der Waals surface area contributed by atoms with Gasteiger partial charge in [0.15, 0.2) is 0 Å². The summed E-state index contributed by atoms with van der Waals surface area (Å²) in [5.41, 5.74) is 0. The summed E-state index contributed by atoms with van der Waals surface area (Å²) in [4.78, 5) is 11.7. The number of ether oxygens (including phenoxy) is 1. The molecule has 0 radical (unpaired) electrons. The van der Waals surface area contributed by atoms with E-state index >= 15 is 0 Å². The number of nitrogens with one attached hydrogen (secondary N) is 2. The minimum absolute atomic E-state index is 0.0951. The normalized spacial score (nSPS) is 14.4. The van der Waals surface area contributed by atoms with E-state index in [1.807, 2.05) is 13.8 Å². The third-order valence-electron chi connectivity index (χ3n) is 2.73. The van der Waals surface area contributed by atoms with Gasteiger partial charge in [0.25, 0.3) is 0 Å². The summed E-state index contributed by atoms with van der Waals surface area (Å²) < 4.78 is 4.97. The van der Waals surface area contributed by atoms with E-state index in [-0.39, 0.29) is 18.0 Å². The quantitative estimate of drug-likeness (QED) is 0.575. The van der Waals surface area contributed by atoms with Crippen molar-refractivity contribution in [3.63, 3.8) is 0 Å². The minimum Gasteiger partial charge on any atom is -0.385 e. The molecule has 1 amide bonds. The van der Waals surface area contributed by atoms with Crippen LogP contribution in [0, 0.1) is 0 Å². The van der Waals surface area contributed by atoms with E-state index in [1.165, 1.54) is 0 Å². The zero-order chi connectivity index (χ0) is 13.1. The molecular weight excluding hydrogens is 216 g/mol. The third-order valence-corrected chi connectivity index (χ3v) is 2.73. The second-order valence-corrected chi connectivity index (χ2v) is 4.57. The number of amides is 1. The summed E-state index contributed by atoms with van der Waals surface area (Å²) in [6, 6.07) is 0.155. The average molecular weight is 244 g/mol. The highest BCUT2D eigenvalue weighted by atomic mass is 16.5. The zero-order valence-corrected chi connectivity index (χ0v) is 11.7. The molecule has 0 aliphatic heterocycles. The summed E-state index contributed by atoms with van der Waals surface area (Å²) in [6.45, 7) is 7.73. The molecule has 0 fully saturated rings. The molecule has 4 heteroatoms. The molecular formula is C13H28N2O2. The lowest BCUT2D eigenvalue weighted by atomic mass is 10.2. The first-order chi connectivity index (χ1) is 8.11. The molecule has 0 rings (SSSR count). The van der Waals surface area contributed by atoms with E-state index in [0.717, 1.165) is 38.8 Å². The van der Waals surface area contributed by atoms with Gasteiger partial charge in [0.05, 0.1) is 6.04 Å². The highest BCUT2D eigenvalue weighted by Crippen LogP contribution is 1.96. The van der Waals surface area contributed by atoms with E-state index in [2.05, 4.69) is 17.6 Å². The molecule has 0 aliphatic rings. The van der Waals surface area contributed by atoms with E-state index in [0.29, 0.717) is 0 Å². The average Bonchev–Trinajstić information content (AvgIpc) is 2.28. The summed E-state index contributed by atoms with van der Waals surface area (Å²) in [7, 11) is 1.71. The molecule has 0 bridgehead atoms. The van der Waals surface area contributed by atoms with E-state index in [9.17, 15) is 4.79 Å². The van der Waals surface area contributed by atoms with Crippen molar-refractivity contribution in [1.29, 1.82) is 0 Å². The van der Waals surface area contributed by atoms with Gasteiger partial charge in [0.2, 0.25) is 5.91 Å². The number of carbonyl (C=O) groups is 1. The van der Waals surface area contributed by atoms with Crippen molar-refractivity contribution < 1.29 is 9.53 Å². The lowest BCUT2D eigenvalue weighted by Gasteiger charge is -2.18. The van der Waals surface area contributed by atoms with Gasteiger partial charge < -0.3 is 15.4 Å². The van der Waals surface area contributed by atoms with Crippen LogP contribution in [0.15, 0.2) is 0 Å². The Labute approximate surface area is 105 Å². The van der Waals surface area contributed by atoms with Crippen LogP contribution in [0.1, 0.15) is 46.5 Å². The smallest absolute Gasteiger partial charge is 0.237 e. The molecule has 0 heterocycles. The van der Waals surface area contributed by atoms with Crippen LogP contribution in [-0.2, 0) is 9.53 Å². The molecule has 4 nitrogen and oxygen atoms in total. The number of hydrogen-bond donors (Lipinski definition) is 2. The highest BCUT2D eigenvalue weighted by molar-refractivity contribution is 5.81. The minimum atomic E-state index is -0.114. The molecule has 0 aromatic carbocycles. The van der Waals surface area contributed by atoms with Crippen LogP contribution in [0.5, 0.6) is 0 Å². The predicted molar refractivity (Wildman–Crippen MR) is 71.1 cm³/mol. The number of unbranched alkanes of at least 4 members (excludes halogenated alkanes) is 1. The van der Waals surface area contributed by atoms with Crippen LogP contribution in [0.4, 0.5) is 0 Å². The van der Waals surface area contributed by atoms with Crippen LogP contribution in [-0.4, -0.2) is 38.3 Å². The fraction of sp³-hybridized carbons (Fsp3) is 0.923. The molecule has 2 unspecified atom stereocenters. The highest BCUT2D eigenvalue weighted by Gasteiger charge is 2.13. The van der Waals surface area contributed by atoms with Gasteiger partial charge in [-0.15, -0.1) is 0 Å². The Kier molecular flexibility index (Phi) is 10.2. The van der Waals surface area contributed by atoms with Gasteiger partial charge in [0.1, 0.15) is 0 Å². The molecule has 0 aromatic heterocycles. The Morgan fingerprint density at radius 2 is 2.00 bits per heavy atom. The Hall–Kier alpha value is -0.610. The first kappa shape index (κ1) is 16.4. The molecule has 0 saturated carbocycles. The maximum Gasteiger partial charge on any atom is 0.237 e. The van der Waals surface area contributed by atoms with Crippen molar-refractivity contribution in [3.05, 3.63) is 0 Å². The Balaban J connectivity index is 3.60. The standard InChI is InChI=1S/C13H28N2O2/c1-5-8-11(2)15-13(16)12(3)14-9-6-7-10-17-4/h11-12,14H,5-10H2,1-4H3,(H,15,16). The molecule has 102 valence electrons. The molecule has 0 spiro atoms. The molecule has 2 atom stereocenters. The number of hydrogen-bond acceptors (Lipinski definition) is 3. The topological polar surface area (TPSA) is 50.4 Å². The van der Waals surface area contributed by atoms with Gasteiger partial charge in [-0.05, 0) is 39.7 Å². The van der Waals surface area contributed by atoms with E-state index in [4.69, 9.17) is 4.74 Å². The van der Waals surface area contributed by atoms with Crippen LogP contribution in [0.2, 0.25) is 0 Å². The van der Waals surface area contributed by atoms with Crippen molar-refractivity contribution >= 4 is 5.91 Å². The Morgan fingerprint density at radius 3 is 2.59 bits per heavy atom. The van der Waals surface area contributed by atoms with Gasteiger partial charge in [-0.2, -0.15) is 0 Å². The predicted octanol–water partition coefficient (Wildman–Crippen LogP) is 1.70. The third kappa shape index (κ3) is 9.12. The van der Waals surface area contributed by atoms with Crippen LogP contribution in [0.3, 0.4) is 0 Å². The fourth-order valence-electron chi connectivity index (χ4n) is 1.66. The fourth-order valence-corrected chi connectivity index (χ4v) is 1.66. The maximum atomic E-state index is 11.7. The van der Waals surface area contributed by atoms with Crippen LogP contribution >= 0.6 is 0 Å². The largest absolute Gasteiger partial charge is 0.385 e. The van der Waals surface area contributed by atoms with Crippen molar-refractivity contribution in [2.24, 2.45) is 0 Å². The van der Waals surface area contributed by atoms with Gasteiger partial charge in [-0.25, -0.2) is 0 Å². The molecule has 17 heavy (non-hydrogen) atoms. The Bertz CT molecular complexity index is 198. The molecule has 0 saturated heterocycles. The number of carbonyl (C=O) groups excluding carboxylic acids is 1. The van der Waals surface area contributed by atoms with Gasteiger partial charge in [-0.3, -0.25) is 4.79 Å². The van der Waals surface area contributed by atoms with Crippen molar-refractivity contribution in [1.82, 2.24) is 10.6 Å². The van der Waals surface area contributed by atoms with Crippen molar-refractivity contribution in [2.45, 2.75) is 58.5 Å². The summed E-state index contributed by atoms with van der Waals surface area (Å²) in [5.74, 6) is 0.0951. The summed E-state index contributed by atoms with van der Waals surface area (Å²) in [5, 5.41) is 6.23. The van der Waals surface area contributed by atoms with Gasteiger partial charge in [-0.1, -0.05) is 13.3 Å². The van der Waals surface area contributed by atoms with E-state index in [1.54, 1.807) is 7.11 Å². The monoisotopic (exact) mass is 244 g/mol. The molecule has 2 N–H and O–H groups in total. The van der Waals surface area contributed by atoms with Crippen molar-refractivity contribution in [2.75, 3.05) is 20.3 Å². The summed E-state index contributed by atoms with van der Waals surface area (Å²) in [6.07, 6.45) is 4.20. The first-order valence-electron chi connectivity index (χ1n) is 6.64. The molecule has 0 aliphatic carbocycles. The van der Waals surface area contributed by atoms with Gasteiger partial charge in [0, 0.05) is 19.8 Å². The number of rotatable bonds is 10. The number of methoxy groups -OCH3 is 1. The first-order valence-corrected chi connectivity index (χ1v) is 6.64. The van der Waals surface area contributed by atoms with Crippen molar-refractivity contribution in [3.8, 4) is 0 Å². The van der Waals surface area contributed by atoms with Crippen LogP contribution < -0.4 is 10.6 Å². The molecule has 0 aromatic rings. The lowest BCUT2D eigenvalue weighted by Crippen LogP contribution is -2.45. The second kappa shape index (κ2) is 10.5. The SMILES string of the molecule is CCCC(C)NC(=O)C(C)NCCCCOC. The van der Waals surface area contributed by atoms with Gasteiger partial charge >= 0.3 is 0 Å².